The molecule has 5 nitrogen and oxygen atoms in total. The first-order valence-corrected chi connectivity index (χ1v) is 9.18. The second-order valence-electron chi connectivity index (χ2n) is 6.75. The number of carbonyl (C=O) groups is 2. The van der Waals surface area contributed by atoms with Crippen molar-refractivity contribution in [3.05, 3.63) is 34.6 Å². The molecular weight excluding hydrogens is 345 g/mol. The van der Waals surface area contributed by atoms with Crippen LogP contribution in [0.2, 0.25) is 5.02 Å². The Morgan fingerprint density at radius 3 is 2.92 bits per heavy atom. The number of piperidine rings is 1. The van der Waals surface area contributed by atoms with Gasteiger partial charge in [0.15, 0.2) is 5.82 Å². The van der Waals surface area contributed by atoms with E-state index in [-0.39, 0.29) is 34.4 Å². The van der Waals surface area contributed by atoms with Crippen LogP contribution < -0.4 is 10.6 Å². The van der Waals surface area contributed by atoms with Crippen LogP contribution in [0.5, 0.6) is 0 Å². The van der Waals surface area contributed by atoms with E-state index in [1.807, 2.05) is 0 Å². The number of benzene rings is 1. The lowest BCUT2D eigenvalue weighted by molar-refractivity contribution is -0.123. The summed E-state index contributed by atoms with van der Waals surface area (Å²) in [5, 5.41) is 6.11. The van der Waals surface area contributed by atoms with Crippen molar-refractivity contribution in [1.29, 1.82) is 0 Å². The van der Waals surface area contributed by atoms with Crippen molar-refractivity contribution in [2.45, 2.75) is 31.7 Å². The van der Waals surface area contributed by atoms with Gasteiger partial charge < -0.3 is 15.5 Å². The molecule has 1 aromatic rings. The number of hydrogen-bond donors (Lipinski definition) is 2. The molecule has 0 aromatic heterocycles. The number of rotatable bonds is 4. The second-order valence-corrected chi connectivity index (χ2v) is 7.16. The summed E-state index contributed by atoms with van der Waals surface area (Å²) in [5.41, 5.74) is 0.00680. The average molecular weight is 368 g/mol. The quantitative estimate of drug-likeness (QED) is 0.857. The third-order valence-electron chi connectivity index (χ3n) is 4.93. The highest BCUT2D eigenvalue weighted by Gasteiger charge is 2.28. The van der Waals surface area contributed by atoms with Gasteiger partial charge in [-0.25, -0.2) is 4.39 Å². The summed E-state index contributed by atoms with van der Waals surface area (Å²) in [7, 11) is 0. The van der Waals surface area contributed by atoms with E-state index in [0.29, 0.717) is 19.6 Å². The van der Waals surface area contributed by atoms with Gasteiger partial charge >= 0.3 is 0 Å². The highest BCUT2D eigenvalue weighted by molar-refractivity contribution is 6.31. The Morgan fingerprint density at radius 2 is 2.16 bits per heavy atom. The Morgan fingerprint density at radius 1 is 1.32 bits per heavy atom. The van der Waals surface area contributed by atoms with Gasteiger partial charge in [-0.3, -0.25) is 9.59 Å². The maximum Gasteiger partial charge on any atom is 0.256 e. The molecular formula is C18H23ClFN3O2. The zero-order valence-electron chi connectivity index (χ0n) is 14.1. The molecule has 0 aliphatic carbocycles. The lowest BCUT2D eigenvalue weighted by Crippen LogP contribution is -2.46. The molecule has 2 N–H and O–H groups in total. The third-order valence-corrected chi connectivity index (χ3v) is 5.22. The first kappa shape index (κ1) is 18.1. The molecule has 0 spiro atoms. The van der Waals surface area contributed by atoms with Crippen molar-refractivity contribution in [2.75, 3.05) is 26.2 Å². The highest BCUT2D eigenvalue weighted by atomic mass is 35.5. The molecule has 2 fully saturated rings. The van der Waals surface area contributed by atoms with Crippen molar-refractivity contribution in [3.8, 4) is 0 Å². The molecule has 0 saturated carbocycles. The van der Waals surface area contributed by atoms with Gasteiger partial charge in [0.2, 0.25) is 5.91 Å². The van der Waals surface area contributed by atoms with Gasteiger partial charge in [0.25, 0.3) is 5.91 Å². The molecule has 2 amide bonds. The van der Waals surface area contributed by atoms with E-state index in [2.05, 4.69) is 10.6 Å². The topological polar surface area (TPSA) is 61.4 Å². The van der Waals surface area contributed by atoms with Gasteiger partial charge in [-0.2, -0.15) is 0 Å². The van der Waals surface area contributed by atoms with Crippen molar-refractivity contribution in [2.24, 2.45) is 5.92 Å². The molecule has 2 unspecified atom stereocenters. The molecule has 2 aliphatic heterocycles. The molecule has 3 rings (SSSR count). The minimum Gasteiger partial charge on any atom is -0.354 e. The number of hydrogen-bond acceptors (Lipinski definition) is 3. The summed E-state index contributed by atoms with van der Waals surface area (Å²) >= 11 is 5.77. The summed E-state index contributed by atoms with van der Waals surface area (Å²) in [6.45, 7) is 2.54. The normalized spacial score (nSPS) is 23.5. The minimum absolute atomic E-state index is 0.00680. The maximum atomic E-state index is 14.1. The van der Waals surface area contributed by atoms with E-state index >= 15 is 0 Å². The molecule has 136 valence electrons. The molecule has 0 bridgehead atoms. The standard InChI is InChI=1S/C18H23ClFN3O2/c19-14-6-1-5-13(16(14)20)18(25)23-9-3-4-12(11-23)10-22-17(24)15-7-2-8-21-15/h1,5-6,12,15,21H,2-4,7-11H2,(H,22,24). The second kappa shape index (κ2) is 8.15. The largest absolute Gasteiger partial charge is 0.354 e. The molecule has 2 atom stereocenters. The number of amides is 2. The van der Waals surface area contributed by atoms with Crippen molar-refractivity contribution in [3.63, 3.8) is 0 Å². The van der Waals surface area contributed by atoms with Crippen LogP contribution in [-0.4, -0.2) is 48.9 Å². The Balaban J connectivity index is 1.56. The fourth-order valence-corrected chi connectivity index (χ4v) is 3.71. The van der Waals surface area contributed by atoms with Gasteiger partial charge in [-0.1, -0.05) is 17.7 Å². The van der Waals surface area contributed by atoms with Crippen molar-refractivity contribution in [1.82, 2.24) is 15.5 Å². The van der Waals surface area contributed by atoms with E-state index in [1.165, 1.54) is 12.1 Å². The van der Waals surface area contributed by atoms with E-state index in [4.69, 9.17) is 11.6 Å². The molecule has 25 heavy (non-hydrogen) atoms. The zero-order valence-corrected chi connectivity index (χ0v) is 14.8. The Hall–Kier alpha value is -1.66. The van der Waals surface area contributed by atoms with Crippen LogP contribution in [0.15, 0.2) is 18.2 Å². The lowest BCUT2D eigenvalue weighted by atomic mass is 9.97. The summed E-state index contributed by atoms with van der Waals surface area (Å²) in [5.74, 6) is -0.794. The number of nitrogens with zero attached hydrogens (tertiary/aromatic N) is 1. The fraction of sp³-hybridized carbons (Fsp3) is 0.556. The lowest BCUT2D eigenvalue weighted by Gasteiger charge is -2.33. The van der Waals surface area contributed by atoms with Gasteiger partial charge in [0.1, 0.15) is 0 Å². The van der Waals surface area contributed by atoms with Gasteiger partial charge in [0.05, 0.1) is 16.6 Å². The maximum absolute atomic E-state index is 14.1. The molecule has 1 aromatic carbocycles. The monoisotopic (exact) mass is 367 g/mol. The first-order valence-electron chi connectivity index (χ1n) is 8.80. The first-order chi connectivity index (χ1) is 12.1. The van der Waals surface area contributed by atoms with Gasteiger partial charge in [0, 0.05) is 19.6 Å². The number of carbonyl (C=O) groups excluding carboxylic acids is 2. The van der Waals surface area contributed by atoms with Crippen LogP contribution in [-0.2, 0) is 4.79 Å². The molecule has 2 saturated heterocycles. The predicted octanol–water partition coefficient (Wildman–Crippen LogP) is 2.20. The Kier molecular flexibility index (Phi) is 5.91. The van der Waals surface area contributed by atoms with Gasteiger partial charge in [-0.05, 0) is 50.3 Å². The Labute approximate surface area is 151 Å². The molecule has 0 radical (unpaired) electrons. The molecule has 7 heteroatoms. The Bertz CT molecular complexity index is 649. The SMILES string of the molecule is O=C(NCC1CCCN(C(=O)c2cccc(Cl)c2F)C1)C1CCCN1. The zero-order chi connectivity index (χ0) is 17.8. The summed E-state index contributed by atoms with van der Waals surface area (Å²) in [4.78, 5) is 26.3. The summed E-state index contributed by atoms with van der Waals surface area (Å²) in [6, 6.07) is 4.37. The average Bonchev–Trinajstić information content (AvgIpc) is 3.16. The molecule has 2 aliphatic rings. The summed E-state index contributed by atoms with van der Waals surface area (Å²) < 4.78 is 14.1. The third kappa shape index (κ3) is 4.30. The van der Waals surface area contributed by atoms with Crippen LogP contribution in [0.25, 0.3) is 0 Å². The van der Waals surface area contributed by atoms with E-state index in [1.54, 1.807) is 11.0 Å². The van der Waals surface area contributed by atoms with Crippen LogP contribution in [0.4, 0.5) is 4.39 Å². The van der Waals surface area contributed by atoms with E-state index in [9.17, 15) is 14.0 Å². The minimum atomic E-state index is -0.670. The number of halogens is 2. The number of nitrogens with one attached hydrogen (secondary N) is 2. The van der Waals surface area contributed by atoms with Crippen molar-refractivity contribution < 1.29 is 14.0 Å². The van der Waals surface area contributed by atoms with Gasteiger partial charge in [-0.15, -0.1) is 0 Å². The predicted molar refractivity (Wildman–Crippen MR) is 94.1 cm³/mol. The van der Waals surface area contributed by atoms with Crippen LogP contribution >= 0.6 is 11.6 Å². The number of likely N-dealkylation sites (tertiary alicyclic amines) is 1. The van der Waals surface area contributed by atoms with E-state index < -0.39 is 5.82 Å². The fourth-order valence-electron chi connectivity index (χ4n) is 3.53. The van der Waals surface area contributed by atoms with E-state index in [0.717, 1.165) is 32.2 Å². The van der Waals surface area contributed by atoms with Crippen LogP contribution in [0.3, 0.4) is 0 Å². The van der Waals surface area contributed by atoms with Crippen LogP contribution in [0.1, 0.15) is 36.0 Å². The smallest absolute Gasteiger partial charge is 0.256 e. The van der Waals surface area contributed by atoms with Crippen LogP contribution in [0, 0.1) is 11.7 Å². The van der Waals surface area contributed by atoms with Crippen molar-refractivity contribution >= 4 is 23.4 Å². The highest BCUT2D eigenvalue weighted by Crippen LogP contribution is 2.22. The molecule has 2 heterocycles. The summed E-state index contributed by atoms with van der Waals surface area (Å²) in [6.07, 6.45) is 3.68.